The summed E-state index contributed by atoms with van der Waals surface area (Å²) < 4.78 is 0. The quantitative estimate of drug-likeness (QED) is 0.922. The molecule has 1 aliphatic heterocycles. The molecule has 2 heterocycles. The maximum Gasteiger partial charge on any atom is 0.0959 e. The first-order valence-corrected chi connectivity index (χ1v) is 9.13. The van der Waals surface area contributed by atoms with Crippen molar-refractivity contribution in [3.63, 3.8) is 0 Å². The third-order valence-electron chi connectivity index (χ3n) is 4.93. The molecule has 1 saturated heterocycles. The Morgan fingerprint density at radius 1 is 1.18 bits per heavy atom. The highest BCUT2D eigenvalue weighted by Crippen LogP contribution is 2.41. The minimum Gasteiger partial charge on any atom is -0.330 e. The Morgan fingerprint density at radius 2 is 2.00 bits per heavy atom. The molecule has 1 saturated carbocycles. The zero-order chi connectivity index (χ0) is 14.9. The molecule has 1 aromatic heterocycles. The van der Waals surface area contributed by atoms with Crippen molar-refractivity contribution in [2.24, 2.45) is 11.7 Å². The lowest BCUT2D eigenvalue weighted by molar-refractivity contribution is 0.313. The molecule has 1 aromatic carbocycles. The number of aromatic nitrogens is 1. The molecule has 2 N–H and O–H groups in total. The second-order valence-corrected chi connectivity index (χ2v) is 7.55. The van der Waals surface area contributed by atoms with Gasteiger partial charge in [0.25, 0.3) is 0 Å². The van der Waals surface area contributed by atoms with Gasteiger partial charge in [-0.3, -0.25) is 4.90 Å². The van der Waals surface area contributed by atoms with Gasteiger partial charge in [-0.05, 0) is 30.9 Å². The van der Waals surface area contributed by atoms with E-state index < -0.39 is 0 Å². The smallest absolute Gasteiger partial charge is 0.0959 e. The van der Waals surface area contributed by atoms with Crippen LogP contribution in [-0.2, 0) is 6.54 Å². The summed E-state index contributed by atoms with van der Waals surface area (Å²) in [5.41, 5.74) is 8.70. The molecule has 4 rings (SSSR count). The van der Waals surface area contributed by atoms with Crippen molar-refractivity contribution >= 4 is 11.3 Å². The van der Waals surface area contributed by atoms with Crippen molar-refractivity contribution in [1.29, 1.82) is 0 Å². The van der Waals surface area contributed by atoms with Crippen LogP contribution in [0.2, 0.25) is 0 Å². The van der Waals surface area contributed by atoms with Gasteiger partial charge >= 0.3 is 0 Å². The molecule has 22 heavy (non-hydrogen) atoms. The number of nitrogens with zero attached hydrogens (tertiary/aromatic N) is 2. The summed E-state index contributed by atoms with van der Waals surface area (Å²) in [5.74, 6) is 1.89. The van der Waals surface area contributed by atoms with Gasteiger partial charge in [-0.1, -0.05) is 30.3 Å². The molecule has 0 spiro atoms. The number of hydrogen-bond donors (Lipinski definition) is 1. The van der Waals surface area contributed by atoms with E-state index in [1.807, 2.05) is 11.3 Å². The molecule has 4 heteroatoms. The van der Waals surface area contributed by atoms with E-state index in [0.29, 0.717) is 11.8 Å². The fourth-order valence-electron chi connectivity index (χ4n) is 3.55. The highest BCUT2D eigenvalue weighted by molar-refractivity contribution is 7.09. The van der Waals surface area contributed by atoms with Crippen molar-refractivity contribution < 1.29 is 0 Å². The summed E-state index contributed by atoms with van der Waals surface area (Å²) in [6.45, 7) is 3.93. The molecule has 3 nitrogen and oxygen atoms in total. The summed E-state index contributed by atoms with van der Waals surface area (Å²) in [7, 11) is 0. The molecular formula is C18H23N3S. The van der Waals surface area contributed by atoms with Crippen molar-refractivity contribution in [2.45, 2.75) is 31.2 Å². The Morgan fingerprint density at radius 3 is 2.73 bits per heavy atom. The lowest BCUT2D eigenvalue weighted by Crippen LogP contribution is -2.23. The lowest BCUT2D eigenvalue weighted by Gasteiger charge is -2.16. The monoisotopic (exact) mass is 313 g/mol. The van der Waals surface area contributed by atoms with Gasteiger partial charge in [-0.15, -0.1) is 11.3 Å². The van der Waals surface area contributed by atoms with E-state index in [1.54, 1.807) is 0 Å². The maximum absolute atomic E-state index is 6.03. The molecule has 0 unspecified atom stereocenters. The highest BCUT2D eigenvalue weighted by Gasteiger charge is 2.33. The van der Waals surface area contributed by atoms with Crippen LogP contribution in [0.5, 0.6) is 0 Å². The van der Waals surface area contributed by atoms with Crippen molar-refractivity contribution in [3.8, 4) is 0 Å². The summed E-state index contributed by atoms with van der Waals surface area (Å²) >= 11 is 1.84. The third kappa shape index (κ3) is 2.96. The predicted molar refractivity (Wildman–Crippen MR) is 91.1 cm³/mol. The van der Waals surface area contributed by atoms with Gasteiger partial charge in [-0.25, -0.2) is 4.98 Å². The second kappa shape index (κ2) is 6.11. The topological polar surface area (TPSA) is 42.1 Å². The fraction of sp³-hybridized carbons (Fsp3) is 0.500. The molecule has 0 radical (unpaired) electrons. The summed E-state index contributed by atoms with van der Waals surface area (Å²) in [6, 6.07) is 10.8. The number of thiazole rings is 1. The van der Waals surface area contributed by atoms with Crippen LogP contribution in [0.1, 0.15) is 40.9 Å². The second-order valence-electron chi connectivity index (χ2n) is 6.66. The zero-order valence-corrected chi connectivity index (χ0v) is 13.6. The fourth-order valence-corrected chi connectivity index (χ4v) is 4.53. The number of rotatable bonds is 5. The van der Waals surface area contributed by atoms with Crippen molar-refractivity contribution in [3.05, 3.63) is 52.0 Å². The van der Waals surface area contributed by atoms with Crippen LogP contribution < -0.4 is 5.73 Å². The largest absolute Gasteiger partial charge is 0.330 e. The van der Waals surface area contributed by atoms with Gasteiger partial charge in [0, 0.05) is 36.9 Å². The maximum atomic E-state index is 6.03. The standard InChI is InChI=1S/C18H23N3S/c19-8-15-9-21(11-17(15)13-4-2-1-3-5-13)10-16-12-22-18(20-16)14-6-7-14/h1-5,12,14-15,17H,6-11,19H2/t15-,17+/m1/s1. The Labute approximate surface area is 136 Å². The number of benzene rings is 1. The molecule has 0 amide bonds. The number of likely N-dealkylation sites (tertiary alicyclic amines) is 1. The zero-order valence-electron chi connectivity index (χ0n) is 12.8. The molecule has 2 atom stereocenters. The summed E-state index contributed by atoms with van der Waals surface area (Å²) in [5, 5.41) is 3.60. The van der Waals surface area contributed by atoms with Crippen LogP contribution in [0.4, 0.5) is 0 Å². The van der Waals surface area contributed by atoms with E-state index in [0.717, 1.165) is 32.1 Å². The lowest BCUT2D eigenvalue weighted by atomic mass is 9.89. The van der Waals surface area contributed by atoms with Crippen LogP contribution >= 0.6 is 11.3 Å². The molecular weight excluding hydrogens is 290 g/mol. The van der Waals surface area contributed by atoms with E-state index in [4.69, 9.17) is 10.7 Å². The summed E-state index contributed by atoms with van der Waals surface area (Å²) in [4.78, 5) is 7.36. The van der Waals surface area contributed by atoms with Crippen LogP contribution in [0.25, 0.3) is 0 Å². The van der Waals surface area contributed by atoms with Gasteiger partial charge in [0.1, 0.15) is 0 Å². The first-order chi connectivity index (χ1) is 10.8. The van der Waals surface area contributed by atoms with Crippen LogP contribution in [0.15, 0.2) is 35.7 Å². The normalized spacial score (nSPS) is 25.7. The Hall–Kier alpha value is -1.23. The molecule has 1 aliphatic carbocycles. The molecule has 2 aromatic rings. The summed E-state index contributed by atoms with van der Waals surface area (Å²) in [6.07, 6.45) is 2.67. The number of hydrogen-bond acceptors (Lipinski definition) is 4. The SMILES string of the molecule is NC[C@@H]1CN(Cc2csc(C3CC3)n2)C[C@H]1c1ccccc1. The number of nitrogens with two attached hydrogens (primary N) is 1. The van der Waals surface area contributed by atoms with Crippen LogP contribution in [0.3, 0.4) is 0 Å². The van der Waals surface area contributed by atoms with E-state index in [9.17, 15) is 0 Å². The van der Waals surface area contributed by atoms with E-state index in [2.05, 4.69) is 40.6 Å². The molecule has 0 bridgehead atoms. The molecule has 116 valence electrons. The average Bonchev–Trinajstić information content (AvgIpc) is 3.17. The van der Waals surface area contributed by atoms with Crippen LogP contribution in [-0.4, -0.2) is 29.5 Å². The van der Waals surface area contributed by atoms with Gasteiger partial charge in [0.05, 0.1) is 10.7 Å². The third-order valence-corrected chi connectivity index (χ3v) is 5.98. The van der Waals surface area contributed by atoms with E-state index in [-0.39, 0.29) is 0 Å². The van der Waals surface area contributed by atoms with Crippen molar-refractivity contribution in [1.82, 2.24) is 9.88 Å². The Kier molecular flexibility index (Phi) is 3.99. The van der Waals surface area contributed by atoms with Gasteiger partial charge < -0.3 is 5.73 Å². The molecule has 2 aliphatic rings. The first-order valence-electron chi connectivity index (χ1n) is 8.25. The average molecular weight is 313 g/mol. The minimum absolute atomic E-state index is 0.559. The van der Waals surface area contributed by atoms with Crippen molar-refractivity contribution in [2.75, 3.05) is 19.6 Å². The Bertz CT molecular complexity index is 620. The predicted octanol–water partition coefficient (Wildman–Crippen LogP) is 3.19. The molecule has 2 fully saturated rings. The van der Waals surface area contributed by atoms with Crippen LogP contribution in [0, 0.1) is 5.92 Å². The van der Waals surface area contributed by atoms with Gasteiger partial charge in [-0.2, -0.15) is 0 Å². The van der Waals surface area contributed by atoms with Gasteiger partial charge in [0.2, 0.25) is 0 Å². The highest BCUT2D eigenvalue weighted by atomic mass is 32.1. The van der Waals surface area contributed by atoms with E-state index >= 15 is 0 Å². The first kappa shape index (κ1) is 14.4. The van der Waals surface area contributed by atoms with Gasteiger partial charge in [0.15, 0.2) is 0 Å². The Balaban J connectivity index is 1.44. The minimum atomic E-state index is 0.559. The van der Waals surface area contributed by atoms with E-state index in [1.165, 1.54) is 29.1 Å².